The van der Waals surface area contributed by atoms with Crippen LogP contribution >= 0.6 is 21.6 Å². The van der Waals surface area contributed by atoms with Crippen LogP contribution < -0.4 is 0 Å². The molecule has 0 saturated carbocycles. The van der Waals surface area contributed by atoms with E-state index in [2.05, 4.69) is 13.8 Å². The summed E-state index contributed by atoms with van der Waals surface area (Å²) in [6.07, 6.45) is 34.5. The Kier molecular flexibility index (Phi) is 31.3. The Morgan fingerprint density at radius 2 is 0.600 bits per heavy atom. The zero-order chi connectivity index (χ0) is 29.5. The fourth-order valence-corrected chi connectivity index (χ4v) is 8.09. The van der Waals surface area contributed by atoms with Crippen molar-refractivity contribution in [3.63, 3.8) is 0 Å². The summed E-state index contributed by atoms with van der Waals surface area (Å²) in [5.74, 6) is -1.61. The fraction of sp³-hybridized carbons (Fsp3) is 0.941. The second kappa shape index (κ2) is 31.6. The fourth-order valence-electron chi connectivity index (χ4n) is 5.25. The maximum absolute atomic E-state index is 11.7. The first-order valence-electron chi connectivity index (χ1n) is 17.3. The molecule has 0 bridgehead atoms. The van der Waals surface area contributed by atoms with Crippen molar-refractivity contribution in [1.82, 2.24) is 0 Å². The predicted molar refractivity (Wildman–Crippen MR) is 179 cm³/mol. The number of rotatable bonds is 33. The standard InChI is InChI=1S/C34H66O4S2/c1-3-5-7-9-11-13-15-17-19-21-23-25-27-29-31(33(35)36)39-40-32(34(37)38)30-28-26-24-22-20-18-16-14-12-10-8-6-4-2/h31-32H,3-30H2,1-2H3,(H,35,36)(H,37,38). The first-order chi connectivity index (χ1) is 19.5. The van der Waals surface area contributed by atoms with E-state index in [0.717, 1.165) is 25.7 Å². The third-order valence-electron chi connectivity index (χ3n) is 7.98. The van der Waals surface area contributed by atoms with Crippen molar-refractivity contribution < 1.29 is 19.8 Å². The molecule has 0 aromatic heterocycles. The lowest BCUT2D eigenvalue weighted by Crippen LogP contribution is -2.19. The molecule has 2 N–H and O–H groups in total. The number of carbonyl (C=O) groups is 2. The number of carboxylic acid groups (broad SMARTS) is 2. The highest BCUT2D eigenvalue weighted by Gasteiger charge is 2.24. The minimum absolute atomic E-state index is 0.508. The molecule has 0 amide bonds. The molecule has 0 radical (unpaired) electrons. The molecular weight excluding hydrogens is 537 g/mol. The smallest absolute Gasteiger partial charge is 0.317 e. The van der Waals surface area contributed by atoms with Gasteiger partial charge in [0.25, 0.3) is 0 Å². The molecule has 6 heteroatoms. The van der Waals surface area contributed by atoms with E-state index >= 15 is 0 Å². The van der Waals surface area contributed by atoms with E-state index in [1.54, 1.807) is 0 Å². The summed E-state index contributed by atoms with van der Waals surface area (Å²) in [6, 6.07) is 0. The van der Waals surface area contributed by atoms with Gasteiger partial charge in [0.2, 0.25) is 0 Å². The summed E-state index contributed by atoms with van der Waals surface area (Å²) in [6.45, 7) is 4.52. The van der Waals surface area contributed by atoms with Gasteiger partial charge in [-0.1, -0.05) is 202 Å². The van der Waals surface area contributed by atoms with Crippen molar-refractivity contribution >= 4 is 33.5 Å². The highest BCUT2D eigenvalue weighted by atomic mass is 33.1. The Balaban J connectivity index is 3.79. The molecule has 0 saturated heterocycles. The maximum Gasteiger partial charge on any atom is 0.317 e. The second-order valence-electron chi connectivity index (χ2n) is 11.9. The van der Waals surface area contributed by atoms with E-state index in [4.69, 9.17) is 0 Å². The average molecular weight is 603 g/mol. The van der Waals surface area contributed by atoms with Crippen molar-refractivity contribution in [2.75, 3.05) is 0 Å². The SMILES string of the molecule is CCCCCCCCCCCCCCCC(SSC(CCCCCCCCCCCCCCC)C(=O)O)C(=O)O. The summed E-state index contributed by atoms with van der Waals surface area (Å²) < 4.78 is 0. The molecule has 0 aliphatic heterocycles. The Labute approximate surface area is 256 Å². The molecule has 0 rings (SSSR count). The topological polar surface area (TPSA) is 74.6 Å². The first-order valence-corrected chi connectivity index (χ1v) is 19.6. The van der Waals surface area contributed by atoms with Crippen LogP contribution in [0.15, 0.2) is 0 Å². The van der Waals surface area contributed by atoms with Crippen molar-refractivity contribution in [2.45, 2.75) is 204 Å². The number of carboxylic acids is 2. The average Bonchev–Trinajstić information content (AvgIpc) is 2.93. The monoisotopic (exact) mass is 602 g/mol. The maximum atomic E-state index is 11.7. The Hall–Kier alpha value is -0.360. The van der Waals surface area contributed by atoms with Gasteiger partial charge in [0, 0.05) is 0 Å². The number of unbranched alkanes of at least 4 members (excludes halogenated alkanes) is 24. The Morgan fingerprint density at radius 3 is 0.800 bits per heavy atom. The van der Waals surface area contributed by atoms with Gasteiger partial charge in [0.1, 0.15) is 10.5 Å². The number of hydrogen-bond acceptors (Lipinski definition) is 4. The quantitative estimate of drug-likeness (QED) is 0.0575. The predicted octanol–water partition coefficient (Wildman–Crippen LogP) is 12.2. The molecule has 0 aliphatic rings. The molecule has 0 aliphatic carbocycles. The number of hydrogen-bond donors (Lipinski definition) is 2. The Bertz CT molecular complexity index is 510. The lowest BCUT2D eigenvalue weighted by Gasteiger charge is -2.15. The van der Waals surface area contributed by atoms with Crippen molar-refractivity contribution in [2.24, 2.45) is 0 Å². The second-order valence-corrected chi connectivity index (χ2v) is 14.6. The van der Waals surface area contributed by atoms with Crippen molar-refractivity contribution in [3.8, 4) is 0 Å². The molecular formula is C34H66O4S2. The molecule has 238 valence electrons. The molecule has 2 unspecified atom stereocenters. The van der Waals surface area contributed by atoms with Gasteiger partial charge in [-0.2, -0.15) is 0 Å². The first kappa shape index (κ1) is 39.6. The van der Waals surface area contributed by atoms with E-state index in [1.165, 1.54) is 163 Å². The van der Waals surface area contributed by atoms with Crippen LogP contribution in [-0.2, 0) is 9.59 Å². The van der Waals surface area contributed by atoms with Crippen LogP contribution in [0.1, 0.15) is 194 Å². The zero-order valence-corrected chi connectivity index (χ0v) is 28.1. The third-order valence-corrected chi connectivity index (χ3v) is 11.2. The van der Waals surface area contributed by atoms with Gasteiger partial charge < -0.3 is 10.2 Å². The molecule has 0 fully saturated rings. The van der Waals surface area contributed by atoms with Gasteiger partial charge in [0.05, 0.1) is 0 Å². The largest absolute Gasteiger partial charge is 0.480 e. The molecule has 2 atom stereocenters. The van der Waals surface area contributed by atoms with Gasteiger partial charge in [-0.25, -0.2) is 0 Å². The molecule has 4 nitrogen and oxygen atoms in total. The normalized spacial score (nSPS) is 12.9. The minimum atomic E-state index is -0.804. The molecule has 0 heterocycles. The van der Waals surface area contributed by atoms with Gasteiger partial charge in [-0.15, -0.1) is 0 Å². The lowest BCUT2D eigenvalue weighted by molar-refractivity contribution is -0.137. The molecule has 0 spiro atoms. The van der Waals surface area contributed by atoms with Crippen LogP contribution in [0.25, 0.3) is 0 Å². The molecule has 40 heavy (non-hydrogen) atoms. The van der Waals surface area contributed by atoms with Crippen LogP contribution in [0.2, 0.25) is 0 Å². The van der Waals surface area contributed by atoms with E-state index in [-0.39, 0.29) is 0 Å². The highest BCUT2D eigenvalue weighted by molar-refractivity contribution is 8.77. The van der Waals surface area contributed by atoms with Gasteiger partial charge in [0.15, 0.2) is 0 Å². The summed E-state index contributed by atoms with van der Waals surface area (Å²) in [5, 5.41) is 18.3. The molecule has 0 aromatic rings. The van der Waals surface area contributed by atoms with Crippen LogP contribution in [0.5, 0.6) is 0 Å². The van der Waals surface area contributed by atoms with E-state index in [9.17, 15) is 19.8 Å². The highest BCUT2D eigenvalue weighted by Crippen LogP contribution is 2.36. The summed E-state index contributed by atoms with van der Waals surface area (Å²) in [4.78, 5) is 23.5. The van der Waals surface area contributed by atoms with E-state index in [1.807, 2.05) is 0 Å². The van der Waals surface area contributed by atoms with E-state index in [0.29, 0.717) is 12.8 Å². The van der Waals surface area contributed by atoms with Crippen LogP contribution in [0.4, 0.5) is 0 Å². The van der Waals surface area contributed by atoms with Crippen molar-refractivity contribution in [1.29, 1.82) is 0 Å². The summed E-state index contributed by atoms with van der Waals surface area (Å²) in [7, 11) is 2.54. The minimum Gasteiger partial charge on any atom is -0.480 e. The number of aliphatic carboxylic acids is 2. The van der Waals surface area contributed by atoms with Gasteiger partial charge >= 0.3 is 11.9 Å². The summed E-state index contributed by atoms with van der Waals surface area (Å²) >= 11 is 0. The van der Waals surface area contributed by atoms with Gasteiger partial charge in [-0.05, 0) is 12.8 Å². The van der Waals surface area contributed by atoms with Crippen LogP contribution in [0, 0.1) is 0 Å². The van der Waals surface area contributed by atoms with Crippen LogP contribution in [0.3, 0.4) is 0 Å². The van der Waals surface area contributed by atoms with Crippen molar-refractivity contribution in [3.05, 3.63) is 0 Å². The van der Waals surface area contributed by atoms with Crippen LogP contribution in [-0.4, -0.2) is 32.7 Å². The van der Waals surface area contributed by atoms with Gasteiger partial charge in [-0.3, -0.25) is 9.59 Å². The molecule has 0 aromatic carbocycles. The van der Waals surface area contributed by atoms with E-state index < -0.39 is 22.4 Å². The summed E-state index contributed by atoms with van der Waals surface area (Å²) in [5.41, 5.74) is 0. The Morgan fingerprint density at radius 1 is 0.400 bits per heavy atom. The zero-order valence-electron chi connectivity index (χ0n) is 26.5. The lowest BCUT2D eigenvalue weighted by atomic mass is 10.0. The third kappa shape index (κ3) is 27.8.